The maximum Gasteiger partial charge on any atom is 0.134 e. The molecular formula is C13H24NOSi+. The molecule has 1 heterocycles. The number of quaternary nitrogens is 1. The number of carbonyl (C=O) groups is 1. The van der Waals surface area contributed by atoms with Crippen LogP contribution in [0.4, 0.5) is 0 Å². The summed E-state index contributed by atoms with van der Waals surface area (Å²) in [5.74, 6) is 0. The second-order valence-electron chi connectivity index (χ2n) is 6.00. The van der Waals surface area contributed by atoms with E-state index in [1.165, 1.54) is 43.6 Å². The Balaban J connectivity index is 1.93. The largest absolute Gasteiger partial charge is 0.329 e. The standard InChI is InChI=1S/C13H24NOSi/c1-14(2)8-10-16(11-9-14)13(15)12-6-4-3-5-7-12/h6,16H,3-5,7-11H2,1-2H3/q+1. The third kappa shape index (κ3) is 2.83. The topological polar surface area (TPSA) is 17.1 Å². The van der Waals surface area contributed by atoms with Gasteiger partial charge >= 0.3 is 0 Å². The van der Waals surface area contributed by atoms with Gasteiger partial charge in [0.05, 0.1) is 27.2 Å². The first-order valence-electron chi connectivity index (χ1n) is 6.64. The molecule has 0 spiro atoms. The van der Waals surface area contributed by atoms with Gasteiger partial charge < -0.3 is 9.28 Å². The summed E-state index contributed by atoms with van der Waals surface area (Å²) in [7, 11) is 3.47. The second-order valence-corrected chi connectivity index (χ2v) is 9.07. The second kappa shape index (κ2) is 4.84. The molecule has 3 heteroatoms. The molecule has 0 aromatic carbocycles. The summed E-state index contributed by atoms with van der Waals surface area (Å²) in [6, 6.07) is 2.45. The lowest BCUT2D eigenvalue weighted by Gasteiger charge is -2.36. The fourth-order valence-electron chi connectivity index (χ4n) is 2.85. The van der Waals surface area contributed by atoms with E-state index in [4.69, 9.17) is 0 Å². The van der Waals surface area contributed by atoms with Crippen LogP contribution < -0.4 is 0 Å². The molecule has 1 aliphatic heterocycles. The van der Waals surface area contributed by atoms with Crippen molar-refractivity contribution < 1.29 is 9.28 Å². The molecule has 1 aliphatic carbocycles. The predicted molar refractivity (Wildman–Crippen MR) is 70.2 cm³/mol. The summed E-state index contributed by atoms with van der Waals surface area (Å²) in [5, 5.41) is 0.611. The van der Waals surface area contributed by atoms with E-state index in [0.717, 1.165) is 17.3 Å². The average molecular weight is 238 g/mol. The van der Waals surface area contributed by atoms with E-state index in [0.29, 0.717) is 5.41 Å². The molecule has 0 saturated carbocycles. The summed E-state index contributed by atoms with van der Waals surface area (Å²) in [6.07, 6.45) is 6.96. The Morgan fingerprint density at radius 2 is 1.94 bits per heavy atom. The van der Waals surface area contributed by atoms with Gasteiger partial charge in [0.1, 0.15) is 14.2 Å². The third-order valence-corrected chi connectivity index (χ3v) is 7.17. The van der Waals surface area contributed by atoms with Gasteiger partial charge in [-0.2, -0.15) is 0 Å². The van der Waals surface area contributed by atoms with Gasteiger partial charge in [0.2, 0.25) is 0 Å². The SMILES string of the molecule is C[N+]1(C)CC[SiH](C(=O)C2=CCCCC2)CC1. The molecule has 2 nitrogen and oxygen atoms in total. The van der Waals surface area contributed by atoms with Crippen molar-refractivity contribution in [2.75, 3.05) is 27.2 Å². The fourth-order valence-corrected chi connectivity index (χ4v) is 6.47. The molecule has 2 rings (SSSR count). The van der Waals surface area contributed by atoms with Crippen LogP contribution in [0.25, 0.3) is 0 Å². The Kier molecular flexibility index (Phi) is 3.65. The highest BCUT2D eigenvalue weighted by molar-refractivity contribution is 6.92. The molecule has 2 aliphatic rings. The van der Waals surface area contributed by atoms with Crippen LogP contribution in [-0.4, -0.2) is 45.9 Å². The minimum Gasteiger partial charge on any atom is -0.329 e. The molecule has 16 heavy (non-hydrogen) atoms. The molecular weight excluding hydrogens is 214 g/mol. The lowest BCUT2D eigenvalue weighted by atomic mass is 10.0. The third-order valence-electron chi connectivity index (χ3n) is 4.14. The molecule has 0 atom stereocenters. The smallest absolute Gasteiger partial charge is 0.134 e. The monoisotopic (exact) mass is 238 g/mol. The van der Waals surface area contributed by atoms with Gasteiger partial charge in [0, 0.05) is 0 Å². The van der Waals surface area contributed by atoms with Crippen molar-refractivity contribution in [1.82, 2.24) is 0 Å². The number of allylic oxidation sites excluding steroid dienone is 2. The summed E-state index contributed by atoms with van der Waals surface area (Å²) >= 11 is 0. The molecule has 0 bridgehead atoms. The van der Waals surface area contributed by atoms with E-state index in [9.17, 15) is 4.79 Å². The summed E-state index contributed by atoms with van der Waals surface area (Å²) in [4.78, 5) is 12.4. The maximum absolute atomic E-state index is 12.4. The first-order valence-corrected chi connectivity index (χ1v) is 8.85. The van der Waals surface area contributed by atoms with Crippen molar-refractivity contribution in [2.45, 2.75) is 37.8 Å². The zero-order chi connectivity index (χ0) is 11.6. The van der Waals surface area contributed by atoms with E-state index in [1.54, 1.807) is 0 Å². The highest BCUT2D eigenvalue weighted by Gasteiger charge is 2.33. The van der Waals surface area contributed by atoms with Crippen LogP contribution in [0.1, 0.15) is 25.7 Å². The molecule has 0 unspecified atom stereocenters. The molecule has 0 amide bonds. The molecule has 1 fully saturated rings. The van der Waals surface area contributed by atoms with Gasteiger partial charge in [-0.25, -0.2) is 0 Å². The number of rotatable bonds is 2. The van der Waals surface area contributed by atoms with Crippen molar-refractivity contribution in [3.63, 3.8) is 0 Å². The first-order chi connectivity index (χ1) is 7.58. The molecule has 90 valence electrons. The van der Waals surface area contributed by atoms with Crippen molar-refractivity contribution >= 4 is 14.2 Å². The van der Waals surface area contributed by atoms with Crippen LogP contribution in [0.3, 0.4) is 0 Å². The van der Waals surface area contributed by atoms with Crippen LogP contribution in [0.5, 0.6) is 0 Å². The van der Waals surface area contributed by atoms with Crippen LogP contribution in [-0.2, 0) is 4.79 Å². The summed E-state index contributed by atoms with van der Waals surface area (Å²) < 4.78 is 1.12. The van der Waals surface area contributed by atoms with Crippen molar-refractivity contribution in [3.05, 3.63) is 11.6 Å². The highest BCUT2D eigenvalue weighted by atomic mass is 28.3. The number of hydrogen-bond donors (Lipinski definition) is 0. The summed E-state index contributed by atoms with van der Waals surface area (Å²) in [5.41, 5.74) is 1.20. The Morgan fingerprint density at radius 3 is 2.50 bits per heavy atom. The first kappa shape index (κ1) is 12.1. The van der Waals surface area contributed by atoms with E-state index in [1.807, 2.05) is 0 Å². The minimum atomic E-state index is -1.10. The molecule has 1 saturated heterocycles. The zero-order valence-corrected chi connectivity index (χ0v) is 11.8. The molecule has 0 aromatic heterocycles. The lowest BCUT2D eigenvalue weighted by Crippen LogP contribution is -2.50. The molecule has 0 N–H and O–H groups in total. The van der Waals surface area contributed by atoms with Gasteiger partial charge in [-0.05, 0) is 43.3 Å². The Labute approximate surface area is 101 Å². The summed E-state index contributed by atoms with van der Waals surface area (Å²) in [6.45, 7) is 2.44. The van der Waals surface area contributed by atoms with Crippen LogP contribution in [0.2, 0.25) is 12.1 Å². The van der Waals surface area contributed by atoms with Crippen molar-refractivity contribution in [3.8, 4) is 0 Å². The number of hydrogen-bond acceptors (Lipinski definition) is 1. The molecule has 0 radical (unpaired) electrons. The van der Waals surface area contributed by atoms with E-state index >= 15 is 0 Å². The van der Waals surface area contributed by atoms with Crippen molar-refractivity contribution in [2.24, 2.45) is 0 Å². The predicted octanol–water partition coefficient (Wildman–Crippen LogP) is 1.91. The molecule has 0 aromatic rings. The Hall–Kier alpha value is -0.413. The number of nitrogens with zero attached hydrogens (tertiary/aromatic N) is 1. The van der Waals surface area contributed by atoms with Crippen LogP contribution in [0, 0.1) is 0 Å². The van der Waals surface area contributed by atoms with E-state index < -0.39 is 8.80 Å². The Morgan fingerprint density at radius 1 is 1.25 bits per heavy atom. The lowest BCUT2D eigenvalue weighted by molar-refractivity contribution is -0.888. The van der Waals surface area contributed by atoms with E-state index in [-0.39, 0.29) is 0 Å². The van der Waals surface area contributed by atoms with Gasteiger partial charge in [-0.1, -0.05) is 6.08 Å². The zero-order valence-electron chi connectivity index (χ0n) is 10.7. The fraction of sp³-hybridized carbons (Fsp3) is 0.769. The highest BCUT2D eigenvalue weighted by Crippen LogP contribution is 2.23. The maximum atomic E-state index is 12.4. The van der Waals surface area contributed by atoms with Crippen LogP contribution >= 0.6 is 0 Å². The quantitative estimate of drug-likeness (QED) is 0.530. The van der Waals surface area contributed by atoms with Gasteiger partial charge in [-0.15, -0.1) is 0 Å². The minimum absolute atomic E-state index is 0.611. The Bertz CT molecular complexity index is 299. The van der Waals surface area contributed by atoms with Crippen LogP contribution in [0.15, 0.2) is 11.6 Å². The van der Waals surface area contributed by atoms with E-state index in [2.05, 4.69) is 20.2 Å². The number of carbonyl (C=O) groups excluding carboxylic acids is 1. The van der Waals surface area contributed by atoms with Gasteiger partial charge in [0.25, 0.3) is 0 Å². The average Bonchev–Trinajstić information content (AvgIpc) is 2.29. The van der Waals surface area contributed by atoms with Gasteiger partial charge in [-0.3, -0.25) is 0 Å². The normalized spacial score (nSPS) is 26.2. The van der Waals surface area contributed by atoms with Crippen molar-refractivity contribution in [1.29, 1.82) is 0 Å². The van der Waals surface area contributed by atoms with Gasteiger partial charge in [0.15, 0.2) is 0 Å².